The first-order valence-corrected chi connectivity index (χ1v) is 9.28. The van der Waals surface area contributed by atoms with Crippen LogP contribution in [0.5, 0.6) is 0 Å². The molecule has 3 heterocycles. The number of nitrogens with zero attached hydrogens (tertiary/aromatic N) is 3. The second-order valence-electron chi connectivity index (χ2n) is 9.87. The van der Waals surface area contributed by atoms with Crippen LogP contribution in [0.4, 0.5) is 0 Å². The molecule has 5 nitrogen and oxygen atoms in total. The van der Waals surface area contributed by atoms with Gasteiger partial charge < -0.3 is 46.7 Å². The predicted molar refractivity (Wildman–Crippen MR) is 105 cm³/mol. The maximum atomic E-state index is 5.90. The Morgan fingerprint density at radius 3 is 1.33 bits per heavy atom. The van der Waals surface area contributed by atoms with Gasteiger partial charge in [-0.15, -0.1) is 0 Å². The first kappa shape index (κ1) is 31.7. The van der Waals surface area contributed by atoms with E-state index in [0.717, 1.165) is 11.4 Å². The Hall–Kier alpha value is -0.456. The number of halogens is 3. The molecule has 2 aliphatic rings. The van der Waals surface area contributed by atoms with Gasteiger partial charge in [0.05, 0.1) is 0 Å². The van der Waals surface area contributed by atoms with Gasteiger partial charge in [0.25, 0.3) is 0 Å². The fraction of sp³-hybridized carbons (Fsp3) is 0.667. The summed E-state index contributed by atoms with van der Waals surface area (Å²) in [5, 5.41) is 0. The van der Waals surface area contributed by atoms with Gasteiger partial charge in [-0.25, -0.2) is 15.0 Å². The first-order valence-electron chi connectivity index (χ1n) is 9.28. The van der Waals surface area contributed by atoms with E-state index in [-0.39, 0.29) is 77.7 Å². The van der Waals surface area contributed by atoms with Crippen molar-refractivity contribution in [3.63, 3.8) is 0 Å². The van der Waals surface area contributed by atoms with Crippen LogP contribution in [0.2, 0.25) is 0 Å². The Kier molecular flexibility index (Phi) is 11.0. The molecule has 30 heavy (non-hydrogen) atoms. The van der Waals surface area contributed by atoms with Crippen molar-refractivity contribution in [2.24, 2.45) is 20.8 Å². The van der Waals surface area contributed by atoms with Gasteiger partial charge >= 0.3 is 18.6 Å². The van der Waals surface area contributed by atoms with Crippen LogP contribution in [0.1, 0.15) is 66.8 Å². The summed E-state index contributed by atoms with van der Waals surface area (Å²) in [5.41, 5.74) is 0.967. The minimum atomic E-state index is -0.258. The molecule has 0 saturated carbocycles. The molecular formula is C21H31Cl3N3O2V. The predicted octanol–water partition coefficient (Wildman–Crippen LogP) is -4.75. The number of aliphatic imine (C=N–C) groups is 2. The first-order chi connectivity index (χ1) is 11.8. The standard InChI is InChI=1S/C21H31N3O2.3ClH.V/c1-18(2,3)20(7)12-25-16(23-20)14-10-9-11-15(22-14)17-24-21(8,13-26-17)19(4,5)6;;;;/h9-11H,12-13H2,1-8H3;3*1H;/q;;;;+3/p-3. The van der Waals surface area contributed by atoms with Gasteiger partial charge in [-0.1, -0.05) is 47.6 Å². The fourth-order valence-electron chi connectivity index (χ4n) is 2.70. The average Bonchev–Trinajstić information content (AvgIpc) is 3.12. The van der Waals surface area contributed by atoms with E-state index < -0.39 is 0 Å². The molecule has 0 saturated heterocycles. The Balaban J connectivity index is 0. The minimum Gasteiger partial charge on any atom is -1.00 e. The molecule has 0 bridgehead atoms. The molecule has 1 aromatic rings. The molecule has 0 aliphatic carbocycles. The molecule has 168 valence electrons. The van der Waals surface area contributed by atoms with Crippen LogP contribution in [0.3, 0.4) is 0 Å². The summed E-state index contributed by atoms with van der Waals surface area (Å²) in [7, 11) is 0. The van der Waals surface area contributed by atoms with Crippen molar-refractivity contribution in [2.45, 2.75) is 66.5 Å². The zero-order valence-electron chi connectivity index (χ0n) is 18.9. The van der Waals surface area contributed by atoms with Crippen LogP contribution in [-0.2, 0) is 28.0 Å². The number of hydrogen-bond acceptors (Lipinski definition) is 5. The zero-order chi connectivity index (χ0) is 19.4. The van der Waals surface area contributed by atoms with Crippen molar-refractivity contribution in [1.82, 2.24) is 4.98 Å². The van der Waals surface area contributed by atoms with Crippen molar-refractivity contribution in [1.29, 1.82) is 0 Å². The van der Waals surface area contributed by atoms with Crippen LogP contribution in [0.15, 0.2) is 28.2 Å². The molecule has 2 unspecified atom stereocenters. The number of rotatable bonds is 2. The summed E-state index contributed by atoms with van der Waals surface area (Å²) in [4.78, 5) is 14.4. The van der Waals surface area contributed by atoms with E-state index in [4.69, 9.17) is 24.4 Å². The van der Waals surface area contributed by atoms with Gasteiger partial charge in [-0.2, -0.15) is 0 Å². The molecule has 0 fully saturated rings. The molecular weight excluding hydrogens is 484 g/mol. The van der Waals surface area contributed by atoms with Gasteiger partial charge in [-0.3, -0.25) is 0 Å². The third-order valence-electron chi connectivity index (χ3n) is 6.10. The largest absolute Gasteiger partial charge is 3.00 e. The summed E-state index contributed by atoms with van der Waals surface area (Å²) in [6.45, 7) is 18.5. The number of ether oxygens (including phenoxy) is 2. The van der Waals surface area contributed by atoms with Crippen LogP contribution >= 0.6 is 0 Å². The molecule has 0 N–H and O–H groups in total. The number of pyridine rings is 1. The van der Waals surface area contributed by atoms with Crippen LogP contribution in [0, 0.1) is 10.8 Å². The summed E-state index contributed by atoms with van der Waals surface area (Å²) in [6, 6.07) is 5.80. The smallest absolute Gasteiger partial charge is 1.00 e. The summed E-state index contributed by atoms with van der Waals surface area (Å²) >= 11 is 0. The van der Waals surface area contributed by atoms with E-state index >= 15 is 0 Å². The molecule has 0 spiro atoms. The Bertz CT molecular complexity index is 729. The van der Waals surface area contributed by atoms with E-state index in [9.17, 15) is 0 Å². The van der Waals surface area contributed by atoms with Crippen LogP contribution < -0.4 is 37.2 Å². The van der Waals surface area contributed by atoms with E-state index in [1.807, 2.05) is 18.2 Å². The van der Waals surface area contributed by atoms with Gasteiger partial charge in [0, 0.05) is 0 Å². The number of aromatic nitrogens is 1. The Labute approximate surface area is 211 Å². The SMILES string of the molecule is CC(C)(C)C1(C)COC(c2cccc(C3=NC(C)(C(C)(C)C)CO3)n2)=N1.[Cl-].[Cl-].[Cl-].[V+3]. The second kappa shape index (κ2) is 10.4. The van der Waals surface area contributed by atoms with Crippen molar-refractivity contribution >= 4 is 11.8 Å². The number of hydrogen-bond donors (Lipinski definition) is 0. The monoisotopic (exact) mass is 513 g/mol. The van der Waals surface area contributed by atoms with Gasteiger partial charge in [0.1, 0.15) is 35.7 Å². The summed E-state index contributed by atoms with van der Waals surface area (Å²) < 4.78 is 11.8. The molecule has 2 aliphatic heterocycles. The molecule has 2 atom stereocenters. The van der Waals surface area contributed by atoms with Crippen molar-refractivity contribution in [2.75, 3.05) is 13.2 Å². The molecule has 3 rings (SSSR count). The minimum absolute atomic E-state index is 0. The maximum absolute atomic E-state index is 5.90. The topological polar surface area (TPSA) is 56.1 Å². The van der Waals surface area contributed by atoms with Crippen molar-refractivity contribution in [3.8, 4) is 0 Å². The van der Waals surface area contributed by atoms with Gasteiger partial charge in [0.2, 0.25) is 11.8 Å². The molecule has 1 aromatic heterocycles. The molecule has 0 amide bonds. The van der Waals surface area contributed by atoms with Crippen LogP contribution in [-0.4, -0.2) is 41.1 Å². The third kappa shape index (κ3) is 5.86. The van der Waals surface area contributed by atoms with Crippen molar-refractivity contribution in [3.05, 3.63) is 29.6 Å². The normalized spacial score (nSPS) is 25.2. The van der Waals surface area contributed by atoms with Crippen molar-refractivity contribution < 1.29 is 65.3 Å². The van der Waals surface area contributed by atoms with Gasteiger partial charge in [0.15, 0.2) is 0 Å². The average molecular weight is 515 g/mol. The third-order valence-corrected chi connectivity index (χ3v) is 6.10. The second-order valence-corrected chi connectivity index (χ2v) is 9.87. The quantitative estimate of drug-likeness (QED) is 0.399. The van der Waals surface area contributed by atoms with E-state index in [1.54, 1.807) is 0 Å². The van der Waals surface area contributed by atoms with E-state index in [0.29, 0.717) is 25.0 Å². The molecule has 0 aromatic carbocycles. The zero-order valence-corrected chi connectivity index (χ0v) is 22.5. The fourth-order valence-corrected chi connectivity index (χ4v) is 2.70. The molecule has 0 radical (unpaired) electrons. The molecule has 9 heteroatoms. The Morgan fingerprint density at radius 1 is 0.733 bits per heavy atom. The van der Waals surface area contributed by atoms with Gasteiger partial charge in [-0.05, 0) is 36.8 Å². The van der Waals surface area contributed by atoms with E-state index in [2.05, 4.69) is 55.4 Å². The van der Waals surface area contributed by atoms with E-state index in [1.165, 1.54) is 0 Å². The Morgan fingerprint density at radius 2 is 1.07 bits per heavy atom. The maximum Gasteiger partial charge on any atom is 3.00 e. The summed E-state index contributed by atoms with van der Waals surface area (Å²) in [6.07, 6.45) is 0. The summed E-state index contributed by atoms with van der Waals surface area (Å²) in [5.74, 6) is 1.20. The van der Waals surface area contributed by atoms with Crippen LogP contribution in [0.25, 0.3) is 0 Å².